The van der Waals surface area contributed by atoms with Crippen LogP contribution in [0, 0.1) is 11.3 Å². The Bertz CT molecular complexity index is 515. The van der Waals surface area contributed by atoms with Crippen LogP contribution in [0.2, 0.25) is 0 Å². The minimum atomic E-state index is -0.497. The van der Waals surface area contributed by atoms with Gasteiger partial charge in [-0.1, -0.05) is 18.2 Å². The number of alkyl carbamates (subject to hydrolysis) is 1. The molecule has 0 saturated heterocycles. The highest BCUT2D eigenvalue weighted by Gasteiger charge is 2.17. The number of hydrogen-bond donors (Lipinski definition) is 2. The van der Waals surface area contributed by atoms with E-state index in [0.717, 1.165) is 5.56 Å². The smallest absolute Gasteiger partial charge is 0.407 e. The highest BCUT2D eigenvalue weighted by molar-refractivity contribution is 5.68. The van der Waals surface area contributed by atoms with E-state index in [1.54, 1.807) is 6.07 Å². The zero-order valence-corrected chi connectivity index (χ0v) is 13.1. The predicted octanol–water partition coefficient (Wildman–Crippen LogP) is 2.56. The zero-order valence-electron chi connectivity index (χ0n) is 13.1. The first kappa shape index (κ1) is 17.0. The van der Waals surface area contributed by atoms with Gasteiger partial charge in [-0.15, -0.1) is 0 Å². The van der Waals surface area contributed by atoms with Crippen LogP contribution in [0.3, 0.4) is 0 Å². The van der Waals surface area contributed by atoms with Crippen molar-refractivity contribution in [3.63, 3.8) is 0 Å². The molecule has 2 N–H and O–H groups in total. The normalized spacial score (nSPS) is 12.3. The molecule has 1 rings (SSSR count). The average Bonchev–Trinajstić information content (AvgIpc) is 2.36. The average molecular weight is 289 g/mol. The van der Waals surface area contributed by atoms with Gasteiger partial charge >= 0.3 is 6.09 Å². The number of nitrogens with one attached hydrogen (secondary N) is 2. The minimum absolute atomic E-state index is 0.0610. The number of nitriles is 1. The molecule has 5 heteroatoms. The van der Waals surface area contributed by atoms with Crippen molar-refractivity contribution < 1.29 is 9.53 Å². The van der Waals surface area contributed by atoms with Gasteiger partial charge in [0.15, 0.2) is 0 Å². The van der Waals surface area contributed by atoms with Crippen LogP contribution < -0.4 is 10.6 Å². The molecule has 0 aliphatic rings. The standard InChI is InChI=1S/C16H23N3O2/c1-12(19-15(20)21-16(2,3)4)10-18-11-14-8-6-5-7-13(14)9-17/h5-8,12,18H,10-11H2,1-4H3,(H,19,20). The summed E-state index contributed by atoms with van der Waals surface area (Å²) in [5.74, 6) is 0. The monoisotopic (exact) mass is 289 g/mol. The van der Waals surface area contributed by atoms with Crippen molar-refractivity contribution in [2.45, 2.75) is 45.9 Å². The number of carbonyl (C=O) groups excluding carboxylic acids is 1. The molecule has 1 amide bonds. The van der Waals surface area contributed by atoms with Gasteiger partial charge in [-0.25, -0.2) is 4.79 Å². The maximum atomic E-state index is 11.6. The van der Waals surface area contributed by atoms with Gasteiger partial charge in [0.25, 0.3) is 0 Å². The molecule has 114 valence electrons. The van der Waals surface area contributed by atoms with Crippen LogP contribution in [0.5, 0.6) is 0 Å². The molecule has 0 bridgehead atoms. The molecule has 1 aromatic carbocycles. The predicted molar refractivity (Wildman–Crippen MR) is 81.7 cm³/mol. The summed E-state index contributed by atoms with van der Waals surface area (Å²) in [6.07, 6.45) is -0.422. The Balaban J connectivity index is 2.36. The highest BCUT2D eigenvalue weighted by atomic mass is 16.6. The summed E-state index contributed by atoms with van der Waals surface area (Å²) >= 11 is 0. The third kappa shape index (κ3) is 6.77. The number of rotatable bonds is 5. The van der Waals surface area contributed by atoms with Gasteiger partial charge in [0, 0.05) is 19.1 Å². The van der Waals surface area contributed by atoms with E-state index in [1.807, 2.05) is 45.9 Å². The first-order valence-corrected chi connectivity index (χ1v) is 7.00. The van der Waals surface area contributed by atoms with E-state index in [-0.39, 0.29) is 6.04 Å². The molecule has 0 heterocycles. The van der Waals surface area contributed by atoms with Gasteiger partial charge in [0.05, 0.1) is 11.6 Å². The first-order chi connectivity index (χ1) is 9.81. The molecule has 1 atom stereocenters. The third-order valence-electron chi connectivity index (χ3n) is 2.67. The van der Waals surface area contributed by atoms with Crippen molar-refractivity contribution in [1.82, 2.24) is 10.6 Å². The molecule has 0 radical (unpaired) electrons. The van der Waals surface area contributed by atoms with Crippen LogP contribution in [0.1, 0.15) is 38.8 Å². The van der Waals surface area contributed by atoms with E-state index in [1.165, 1.54) is 0 Å². The molecule has 0 saturated carbocycles. The Hall–Kier alpha value is -2.06. The Morgan fingerprint density at radius 2 is 2.05 bits per heavy atom. The summed E-state index contributed by atoms with van der Waals surface area (Å²) in [5.41, 5.74) is 1.12. The minimum Gasteiger partial charge on any atom is -0.444 e. The lowest BCUT2D eigenvalue weighted by molar-refractivity contribution is 0.0508. The topological polar surface area (TPSA) is 74.2 Å². The summed E-state index contributed by atoms with van der Waals surface area (Å²) in [6, 6.07) is 9.55. The van der Waals surface area contributed by atoms with Gasteiger partial charge in [-0.3, -0.25) is 0 Å². The number of nitrogens with zero attached hydrogens (tertiary/aromatic N) is 1. The van der Waals surface area contributed by atoms with Crippen LogP contribution >= 0.6 is 0 Å². The molecule has 1 aromatic rings. The fourth-order valence-electron chi connectivity index (χ4n) is 1.77. The maximum absolute atomic E-state index is 11.6. The quantitative estimate of drug-likeness (QED) is 0.873. The Kier molecular flexibility index (Phi) is 6.19. The summed E-state index contributed by atoms with van der Waals surface area (Å²) in [4.78, 5) is 11.6. The molecule has 5 nitrogen and oxygen atoms in total. The van der Waals surface area contributed by atoms with Crippen LogP contribution in [-0.4, -0.2) is 24.3 Å². The lowest BCUT2D eigenvalue weighted by Gasteiger charge is -2.22. The number of benzene rings is 1. The second kappa shape index (κ2) is 7.65. The van der Waals surface area contributed by atoms with E-state index < -0.39 is 11.7 Å². The lowest BCUT2D eigenvalue weighted by atomic mass is 10.1. The molecule has 0 spiro atoms. The largest absolute Gasteiger partial charge is 0.444 e. The first-order valence-electron chi connectivity index (χ1n) is 7.00. The SMILES string of the molecule is CC(CNCc1ccccc1C#N)NC(=O)OC(C)(C)C. The van der Waals surface area contributed by atoms with Crippen molar-refractivity contribution in [2.75, 3.05) is 6.54 Å². The van der Waals surface area contributed by atoms with Crippen LogP contribution in [-0.2, 0) is 11.3 Å². The second-order valence-corrected chi connectivity index (χ2v) is 5.95. The fourth-order valence-corrected chi connectivity index (χ4v) is 1.77. The van der Waals surface area contributed by atoms with Crippen LogP contribution in [0.25, 0.3) is 0 Å². The lowest BCUT2D eigenvalue weighted by Crippen LogP contribution is -2.42. The van der Waals surface area contributed by atoms with E-state index in [2.05, 4.69) is 16.7 Å². The number of ether oxygens (including phenoxy) is 1. The van der Waals surface area contributed by atoms with E-state index >= 15 is 0 Å². The Morgan fingerprint density at radius 3 is 2.67 bits per heavy atom. The number of amides is 1. The number of hydrogen-bond acceptors (Lipinski definition) is 4. The van der Waals surface area contributed by atoms with Crippen molar-refractivity contribution in [1.29, 1.82) is 5.26 Å². The summed E-state index contributed by atoms with van der Waals surface area (Å²) in [7, 11) is 0. The van der Waals surface area contributed by atoms with Crippen molar-refractivity contribution in [2.24, 2.45) is 0 Å². The van der Waals surface area contributed by atoms with E-state index in [4.69, 9.17) is 10.00 Å². The summed E-state index contributed by atoms with van der Waals surface area (Å²) in [6.45, 7) is 8.56. The molecule has 0 fully saturated rings. The molecular formula is C16H23N3O2. The second-order valence-electron chi connectivity index (χ2n) is 5.95. The summed E-state index contributed by atoms with van der Waals surface area (Å²) in [5, 5.41) is 15.0. The van der Waals surface area contributed by atoms with Crippen molar-refractivity contribution in [3.05, 3.63) is 35.4 Å². The molecule has 1 unspecified atom stereocenters. The molecule has 0 aliphatic heterocycles. The van der Waals surface area contributed by atoms with Crippen molar-refractivity contribution >= 4 is 6.09 Å². The molecule has 21 heavy (non-hydrogen) atoms. The highest BCUT2D eigenvalue weighted by Crippen LogP contribution is 2.07. The zero-order chi connectivity index (χ0) is 15.9. The van der Waals surface area contributed by atoms with E-state index in [0.29, 0.717) is 18.7 Å². The van der Waals surface area contributed by atoms with Gasteiger partial charge in [0.1, 0.15) is 5.60 Å². The van der Waals surface area contributed by atoms with Gasteiger partial charge < -0.3 is 15.4 Å². The maximum Gasteiger partial charge on any atom is 0.407 e. The fraction of sp³-hybridized carbons (Fsp3) is 0.500. The van der Waals surface area contributed by atoms with Crippen LogP contribution in [0.4, 0.5) is 4.79 Å². The van der Waals surface area contributed by atoms with Gasteiger partial charge in [0.2, 0.25) is 0 Å². The molecule has 0 aromatic heterocycles. The Labute approximate surface area is 126 Å². The molecular weight excluding hydrogens is 266 g/mol. The summed E-state index contributed by atoms with van der Waals surface area (Å²) < 4.78 is 5.19. The number of carbonyl (C=O) groups is 1. The van der Waals surface area contributed by atoms with Gasteiger partial charge in [-0.05, 0) is 39.3 Å². The van der Waals surface area contributed by atoms with Crippen molar-refractivity contribution in [3.8, 4) is 6.07 Å². The molecule has 0 aliphatic carbocycles. The van der Waals surface area contributed by atoms with Gasteiger partial charge in [-0.2, -0.15) is 5.26 Å². The third-order valence-corrected chi connectivity index (χ3v) is 2.67. The van der Waals surface area contributed by atoms with E-state index in [9.17, 15) is 4.79 Å². The Morgan fingerprint density at radius 1 is 1.38 bits per heavy atom. The van der Waals surface area contributed by atoms with Crippen LogP contribution in [0.15, 0.2) is 24.3 Å².